The van der Waals surface area contributed by atoms with E-state index in [0.717, 1.165) is 25.6 Å². The fourth-order valence-electron chi connectivity index (χ4n) is 3.34. The van der Waals surface area contributed by atoms with Crippen LogP contribution >= 0.6 is 0 Å². The first-order valence-corrected chi connectivity index (χ1v) is 8.88. The van der Waals surface area contributed by atoms with E-state index in [1.54, 1.807) is 0 Å². The van der Waals surface area contributed by atoms with Gasteiger partial charge in [0.05, 0.1) is 6.61 Å². The van der Waals surface area contributed by atoms with Crippen LogP contribution in [-0.2, 0) is 9.53 Å². The summed E-state index contributed by atoms with van der Waals surface area (Å²) in [5, 5.41) is 3.46. The Balaban J connectivity index is 1.82. The van der Waals surface area contributed by atoms with Gasteiger partial charge in [0, 0.05) is 12.6 Å². The predicted octanol–water partition coefficient (Wildman–Crippen LogP) is 2.57. The Kier molecular flexibility index (Phi) is 6.97. The summed E-state index contributed by atoms with van der Waals surface area (Å²) >= 11 is 0. The van der Waals surface area contributed by atoms with Crippen LogP contribution in [0.15, 0.2) is 0 Å². The van der Waals surface area contributed by atoms with Crippen LogP contribution in [0.3, 0.4) is 0 Å². The molecule has 0 aromatic heterocycles. The third-order valence-electron chi connectivity index (χ3n) is 4.66. The second-order valence-corrected chi connectivity index (χ2v) is 6.63. The first kappa shape index (κ1) is 16.8. The van der Waals surface area contributed by atoms with Crippen molar-refractivity contribution in [3.05, 3.63) is 0 Å². The van der Waals surface area contributed by atoms with Crippen LogP contribution in [0, 0.1) is 5.92 Å². The molecule has 1 saturated carbocycles. The summed E-state index contributed by atoms with van der Waals surface area (Å²) < 4.78 is 5.24. The van der Waals surface area contributed by atoms with Crippen molar-refractivity contribution in [1.29, 1.82) is 0 Å². The number of carbonyl (C=O) groups excluding carboxylic acids is 1. The smallest absolute Gasteiger partial charge is 0.324 e. The summed E-state index contributed by atoms with van der Waals surface area (Å²) in [6, 6.07) is 0.402. The molecule has 1 aliphatic heterocycles. The van der Waals surface area contributed by atoms with Gasteiger partial charge < -0.3 is 15.0 Å². The number of esters is 1. The topological polar surface area (TPSA) is 41.6 Å². The summed E-state index contributed by atoms with van der Waals surface area (Å²) in [7, 11) is 0. The molecule has 0 bridgehead atoms. The van der Waals surface area contributed by atoms with Gasteiger partial charge in [-0.15, -0.1) is 0 Å². The van der Waals surface area contributed by atoms with Crippen LogP contribution in [0.5, 0.6) is 0 Å². The van der Waals surface area contributed by atoms with Gasteiger partial charge in [0.25, 0.3) is 0 Å². The lowest BCUT2D eigenvalue weighted by Gasteiger charge is -2.26. The summed E-state index contributed by atoms with van der Waals surface area (Å²) in [5.41, 5.74) is 0. The van der Waals surface area contributed by atoms with E-state index >= 15 is 0 Å². The van der Waals surface area contributed by atoms with Gasteiger partial charge >= 0.3 is 5.97 Å². The van der Waals surface area contributed by atoms with Crippen LogP contribution in [-0.4, -0.2) is 49.2 Å². The van der Waals surface area contributed by atoms with Gasteiger partial charge in [-0.1, -0.05) is 19.8 Å². The van der Waals surface area contributed by atoms with Gasteiger partial charge in [0.2, 0.25) is 0 Å². The Labute approximate surface area is 129 Å². The Morgan fingerprint density at radius 3 is 2.71 bits per heavy atom. The number of rotatable bonds is 8. The van der Waals surface area contributed by atoms with E-state index in [2.05, 4.69) is 17.1 Å². The monoisotopic (exact) mass is 296 g/mol. The first-order chi connectivity index (χ1) is 10.2. The van der Waals surface area contributed by atoms with Gasteiger partial charge in [0.1, 0.15) is 6.04 Å². The molecule has 0 radical (unpaired) electrons. The van der Waals surface area contributed by atoms with Crippen LogP contribution in [0.2, 0.25) is 0 Å². The molecule has 2 rings (SSSR count). The number of carbonyl (C=O) groups is 1. The van der Waals surface area contributed by atoms with E-state index in [1.165, 1.54) is 44.9 Å². The maximum Gasteiger partial charge on any atom is 0.324 e. The largest absolute Gasteiger partial charge is 0.465 e. The van der Waals surface area contributed by atoms with Crippen molar-refractivity contribution in [2.45, 2.75) is 70.9 Å². The molecule has 4 nitrogen and oxygen atoms in total. The summed E-state index contributed by atoms with van der Waals surface area (Å²) in [4.78, 5) is 14.6. The van der Waals surface area contributed by atoms with Crippen molar-refractivity contribution in [3.8, 4) is 0 Å². The minimum atomic E-state index is -0.139. The van der Waals surface area contributed by atoms with Gasteiger partial charge in [-0.3, -0.25) is 4.79 Å². The molecule has 0 aromatic rings. The zero-order chi connectivity index (χ0) is 15.1. The highest BCUT2D eigenvalue weighted by Gasteiger charge is 2.31. The van der Waals surface area contributed by atoms with Crippen molar-refractivity contribution in [1.82, 2.24) is 10.2 Å². The van der Waals surface area contributed by atoms with Crippen LogP contribution in [0.25, 0.3) is 0 Å². The molecule has 2 fully saturated rings. The number of likely N-dealkylation sites (tertiary alicyclic amines) is 1. The molecule has 1 saturated heterocycles. The molecule has 1 N–H and O–H groups in total. The molecule has 1 heterocycles. The molecule has 1 aliphatic carbocycles. The Bertz CT molecular complexity index is 318. The maximum atomic E-state index is 12.1. The van der Waals surface area contributed by atoms with E-state index in [4.69, 9.17) is 4.74 Å². The fourth-order valence-corrected chi connectivity index (χ4v) is 3.34. The number of hydrogen-bond donors (Lipinski definition) is 1. The number of nitrogens with zero attached hydrogens (tertiary/aromatic N) is 1. The van der Waals surface area contributed by atoms with Gasteiger partial charge in [0.15, 0.2) is 0 Å². The lowest BCUT2D eigenvalue weighted by molar-refractivity contribution is -0.146. The maximum absolute atomic E-state index is 12.1. The second-order valence-electron chi connectivity index (χ2n) is 6.63. The molecule has 21 heavy (non-hydrogen) atoms. The summed E-state index contributed by atoms with van der Waals surface area (Å²) in [5.74, 6) is 0.816. The highest BCUT2D eigenvalue weighted by atomic mass is 16.5. The van der Waals surface area contributed by atoms with Gasteiger partial charge in [-0.25, -0.2) is 0 Å². The first-order valence-electron chi connectivity index (χ1n) is 8.88. The normalized spacial score (nSPS) is 25.3. The summed E-state index contributed by atoms with van der Waals surface area (Å²) in [6.07, 6.45) is 8.96. The van der Waals surface area contributed by atoms with E-state index in [9.17, 15) is 4.79 Å². The minimum Gasteiger partial charge on any atom is -0.465 e. The molecule has 0 aromatic carbocycles. The average Bonchev–Trinajstić information content (AvgIpc) is 3.28. The molecule has 0 amide bonds. The molecule has 4 heteroatoms. The third kappa shape index (κ3) is 5.95. The Morgan fingerprint density at radius 2 is 2.05 bits per heavy atom. The van der Waals surface area contributed by atoms with Crippen LogP contribution < -0.4 is 5.32 Å². The number of hydrogen-bond acceptors (Lipinski definition) is 4. The zero-order valence-electron chi connectivity index (χ0n) is 13.8. The summed E-state index contributed by atoms with van der Waals surface area (Å²) in [6.45, 7) is 7.70. The lowest BCUT2D eigenvalue weighted by Crippen LogP contribution is -2.48. The van der Waals surface area contributed by atoms with Crippen LogP contribution in [0.4, 0.5) is 0 Å². The standard InChI is InChI=1S/C17H32N2O2/c1-3-6-14-7-5-11-19(12-10-14)13-16(17(20)21-4-2)18-15-8-9-15/h14-16,18H,3-13H2,1-2H3. The van der Waals surface area contributed by atoms with E-state index in [-0.39, 0.29) is 12.0 Å². The van der Waals surface area contributed by atoms with Crippen molar-refractivity contribution in [3.63, 3.8) is 0 Å². The van der Waals surface area contributed by atoms with Crippen molar-refractivity contribution < 1.29 is 9.53 Å². The molecular formula is C17H32N2O2. The van der Waals surface area contributed by atoms with Crippen molar-refractivity contribution in [2.75, 3.05) is 26.2 Å². The van der Waals surface area contributed by atoms with Gasteiger partial charge in [-0.05, 0) is 58.0 Å². The molecule has 2 atom stereocenters. The molecule has 122 valence electrons. The highest BCUT2D eigenvalue weighted by Crippen LogP contribution is 2.23. The molecular weight excluding hydrogens is 264 g/mol. The van der Waals surface area contributed by atoms with E-state index < -0.39 is 0 Å². The minimum absolute atomic E-state index is 0.0706. The third-order valence-corrected chi connectivity index (χ3v) is 4.66. The van der Waals surface area contributed by atoms with E-state index in [1.807, 2.05) is 6.92 Å². The average molecular weight is 296 g/mol. The predicted molar refractivity (Wildman–Crippen MR) is 85.3 cm³/mol. The quantitative estimate of drug-likeness (QED) is 0.699. The molecule has 0 spiro atoms. The van der Waals surface area contributed by atoms with Crippen LogP contribution in [0.1, 0.15) is 58.8 Å². The van der Waals surface area contributed by atoms with Crippen molar-refractivity contribution >= 4 is 5.97 Å². The molecule has 2 aliphatic rings. The zero-order valence-corrected chi connectivity index (χ0v) is 13.8. The fraction of sp³-hybridized carbons (Fsp3) is 0.941. The number of ether oxygens (including phenoxy) is 1. The second kappa shape index (κ2) is 8.74. The lowest BCUT2D eigenvalue weighted by atomic mass is 9.96. The highest BCUT2D eigenvalue weighted by molar-refractivity contribution is 5.76. The van der Waals surface area contributed by atoms with Gasteiger partial charge in [-0.2, -0.15) is 0 Å². The SMILES string of the molecule is CCCC1CCCN(CC(NC2CC2)C(=O)OCC)CC1. The van der Waals surface area contributed by atoms with Crippen molar-refractivity contribution in [2.24, 2.45) is 5.92 Å². The van der Waals surface area contributed by atoms with E-state index in [0.29, 0.717) is 12.6 Å². The Morgan fingerprint density at radius 1 is 1.24 bits per heavy atom. The number of nitrogens with one attached hydrogen (secondary N) is 1. The molecule has 2 unspecified atom stereocenters. The Hall–Kier alpha value is -0.610.